The molecule has 0 aliphatic rings. The number of carbonyl (C=O) groups excluding carboxylic acids is 1. The van der Waals surface area contributed by atoms with Gasteiger partial charge in [0.2, 0.25) is 0 Å². The molecule has 0 atom stereocenters. The molecule has 0 saturated heterocycles. The molecule has 3 heteroatoms. The zero-order chi connectivity index (χ0) is 14.5. The molecular weight excluding hydrogens is 238 g/mol. The monoisotopic (exact) mass is 271 g/mol. The quantitative estimate of drug-likeness (QED) is 0.616. The maximum atomic E-state index is 12.8. The minimum Gasteiger partial charge on any atom is -0.353 e. The van der Waals surface area contributed by atoms with Crippen molar-refractivity contribution in [1.29, 1.82) is 0 Å². The Hall–Kier alpha value is -0.313. The van der Waals surface area contributed by atoms with E-state index in [1.165, 1.54) is 0 Å². The summed E-state index contributed by atoms with van der Waals surface area (Å²) in [6, 6.07) is 3.42. The predicted molar refractivity (Wildman–Crippen MR) is 83.8 cm³/mol. The highest BCUT2D eigenvalue weighted by molar-refractivity contribution is 7.05. The average Bonchev–Trinajstić information content (AvgIpc) is 2.12. The third-order valence-corrected chi connectivity index (χ3v) is 9.41. The van der Waals surface area contributed by atoms with E-state index in [-0.39, 0.29) is 0 Å². The van der Waals surface area contributed by atoms with Crippen molar-refractivity contribution < 1.29 is 4.79 Å². The van der Waals surface area contributed by atoms with Gasteiger partial charge in [-0.1, -0.05) is 41.5 Å². The second-order valence-electron chi connectivity index (χ2n) is 7.27. The summed E-state index contributed by atoms with van der Waals surface area (Å²) < 4.78 is 0. The van der Waals surface area contributed by atoms with Gasteiger partial charge < -0.3 is 4.90 Å². The summed E-state index contributed by atoms with van der Waals surface area (Å²) in [6.07, 6.45) is 0. The van der Waals surface area contributed by atoms with Crippen molar-refractivity contribution >= 4 is 13.6 Å². The minimum atomic E-state index is -1.86. The first kappa shape index (κ1) is 17.7. The fraction of sp³-hybridized carbons (Fsp3) is 0.933. The molecule has 0 radical (unpaired) electrons. The summed E-state index contributed by atoms with van der Waals surface area (Å²) >= 11 is 0. The number of amides is 1. The second-order valence-corrected chi connectivity index (χ2v) is 11.5. The fourth-order valence-electron chi connectivity index (χ4n) is 3.33. The molecular formula is C15H33NOSi. The van der Waals surface area contributed by atoms with Crippen LogP contribution in [0.4, 0.5) is 4.79 Å². The topological polar surface area (TPSA) is 20.3 Å². The van der Waals surface area contributed by atoms with E-state index in [0.717, 1.165) is 18.1 Å². The molecule has 1 amide bonds. The van der Waals surface area contributed by atoms with Gasteiger partial charge in [0.05, 0.1) is 0 Å². The summed E-state index contributed by atoms with van der Waals surface area (Å²) in [6.45, 7) is 13.5. The number of rotatable bonds is 7. The zero-order valence-corrected chi connectivity index (χ0v) is 14.7. The smallest absolute Gasteiger partial charge is 0.194 e. The molecule has 2 nitrogen and oxygen atoms in total. The molecule has 0 aromatic heterocycles. The van der Waals surface area contributed by atoms with Crippen molar-refractivity contribution in [2.24, 2.45) is 17.8 Å². The number of carbonyl (C=O) groups is 1. The van der Waals surface area contributed by atoms with Gasteiger partial charge in [0.25, 0.3) is 0 Å². The Bertz CT molecular complexity index is 233. The van der Waals surface area contributed by atoms with Crippen LogP contribution in [-0.2, 0) is 0 Å². The van der Waals surface area contributed by atoms with Crippen LogP contribution in [0.3, 0.4) is 0 Å². The van der Waals surface area contributed by atoms with Crippen LogP contribution in [0.25, 0.3) is 0 Å². The summed E-state index contributed by atoms with van der Waals surface area (Å²) in [7, 11) is 1.98. The predicted octanol–water partition coefficient (Wildman–Crippen LogP) is 4.67. The van der Waals surface area contributed by atoms with Crippen LogP contribution >= 0.6 is 0 Å². The Balaban J connectivity index is 5.30. The van der Waals surface area contributed by atoms with E-state index in [2.05, 4.69) is 41.5 Å². The van der Waals surface area contributed by atoms with E-state index < -0.39 is 8.07 Å². The number of hydrogen-bond donors (Lipinski definition) is 0. The molecule has 0 unspecified atom stereocenters. The normalized spacial score (nSPS) is 12.6. The van der Waals surface area contributed by atoms with Crippen molar-refractivity contribution in [3.63, 3.8) is 0 Å². The maximum absolute atomic E-state index is 12.8. The van der Waals surface area contributed by atoms with E-state index in [9.17, 15) is 4.79 Å². The van der Waals surface area contributed by atoms with Gasteiger partial charge in [0.1, 0.15) is 0 Å². The molecule has 0 aliphatic carbocycles. The highest BCUT2D eigenvalue weighted by Gasteiger charge is 2.43. The lowest BCUT2D eigenvalue weighted by Gasteiger charge is -2.36. The Morgan fingerprint density at radius 1 is 0.833 bits per heavy atom. The molecule has 0 fully saturated rings. The average molecular weight is 272 g/mol. The van der Waals surface area contributed by atoms with Crippen LogP contribution in [0.1, 0.15) is 41.5 Å². The highest BCUT2D eigenvalue weighted by atomic mass is 28.3. The van der Waals surface area contributed by atoms with E-state index in [1.54, 1.807) is 0 Å². The van der Waals surface area contributed by atoms with Crippen molar-refractivity contribution in [2.75, 3.05) is 14.1 Å². The lowest BCUT2D eigenvalue weighted by molar-refractivity contribution is 0.236. The Morgan fingerprint density at radius 2 is 1.11 bits per heavy atom. The number of nitrogens with zero attached hydrogens (tertiary/aromatic N) is 1. The molecule has 0 N–H and O–H groups in total. The lowest BCUT2D eigenvalue weighted by atomic mass is 10.2. The van der Waals surface area contributed by atoms with Crippen LogP contribution < -0.4 is 0 Å². The second kappa shape index (κ2) is 7.32. The van der Waals surface area contributed by atoms with Gasteiger partial charge >= 0.3 is 0 Å². The first-order valence-electron chi connectivity index (χ1n) is 7.32. The van der Waals surface area contributed by atoms with Gasteiger partial charge in [-0.15, -0.1) is 0 Å². The van der Waals surface area contributed by atoms with Gasteiger partial charge in [0.15, 0.2) is 13.6 Å². The summed E-state index contributed by atoms with van der Waals surface area (Å²) in [5.41, 5.74) is 0.457. The molecule has 0 bridgehead atoms. The Labute approximate surface area is 115 Å². The summed E-state index contributed by atoms with van der Waals surface area (Å²) in [5, 5.41) is 0. The van der Waals surface area contributed by atoms with Crippen molar-refractivity contribution in [3.8, 4) is 0 Å². The molecule has 0 aromatic carbocycles. The first-order chi connectivity index (χ1) is 8.10. The molecule has 0 aromatic rings. The lowest BCUT2D eigenvalue weighted by Crippen LogP contribution is -2.52. The molecule has 18 heavy (non-hydrogen) atoms. The minimum absolute atomic E-state index is 0.457. The third-order valence-electron chi connectivity index (χ3n) is 3.26. The maximum Gasteiger partial charge on any atom is 0.194 e. The SMILES string of the molecule is CC(C)C[Si](CC(C)C)(CC(C)C)C(=O)N(C)C. The largest absolute Gasteiger partial charge is 0.353 e. The van der Waals surface area contributed by atoms with E-state index in [0.29, 0.717) is 23.3 Å². The Kier molecular flexibility index (Phi) is 7.19. The summed E-state index contributed by atoms with van der Waals surface area (Å²) in [4.78, 5) is 14.6. The fourth-order valence-corrected chi connectivity index (χ4v) is 9.99. The van der Waals surface area contributed by atoms with E-state index in [1.807, 2.05) is 19.0 Å². The molecule has 0 spiro atoms. The van der Waals surface area contributed by atoms with E-state index >= 15 is 0 Å². The Morgan fingerprint density at radius 3 is 1.28 bits per heavy atom. The standard InChI is InChI=1S/C15H33NOSi/c1-12(2)9-18(10-13(3)4,11-14(5)6)15(17)16(7)8/h12-14H,9-11H2,1-8H3. The molecule has 0 rings (SSSR count). The van der Waals surface area contributed by atoms with Gasteiger partial charge in [0, 0.05) is 14.1 Å². The molecule has 108 valence electrons. The first-order valence-corrected chi connectivity index (χ1v) is 9.94. The molecule has 0 saturated carbocycles. The summed E-state index contributed by atoms with van der Waals surface area (Å²) in [5.74, 6) is 1.87. The third kappa shape index (κ3) is 5.55. The van der Waals surface area contributed by atoms with Gasteiger partial charge in [-0.3, -0.25) is 4.79 Å². The highest BCUT2D eigenvalue weighted by Crippen LogP contribution is 2.33. The van der Waals surface area contributed by atoms with Crippen LogP contribution in [0.15, 0.2) is 0 Å². The van der Waals surface area contributed by atoms with E-state index in [4.69, 9.17) is 0 Å². The van der Waals surface area contributed by atoms with Crippen molar-refractivity contribution in [1.82, 2.24) is 4.90 Å². The van der Waals surface area contributed by atoms with Gasteiger partial charge in [-0.25, -0.2) is 0 Å². The molecule has 0 heterocycles. The van der Waals surface area contributed by atoms with Gasteiger partial charge in [-0.2, -0.15) is 0 Å². The van der Waals surface area contributed by atoms with Crippen molar-refractivity contribution in [3.05, 3.63) is 0 Å². The van der Waals surface area contributed by atoms with Crippen molar-refractivity contribution in [2.45, 2.75) is 59.7 Å². The van der Waals surface area contributed by atoms with Crippen LogP contribution in [0.5, 0.6) is 0 Å². The van der Waals surface area contributed by atoms with Crippen LogP contribution in [-0.4, -0.2) is 32.6 Å². The van der Waals surface area contributed by atoms with Crippen LogP contribution in [0, 0.1) is 17.8 Å². The zero-order valence-electron chi connectivity index (χ0n) is 13.7. The van der Waals surface area contributed by atoms with Crippen LogP contribution in [0.2, 0.25) is 18.1 Å². The van der Waals surface area contributed by atoms with Gasteiger partial charge in [-0.05, 0) is 35.9 Å². The number of hydrogen-bond acceptors (Lipinski definition) is 1. The molecule has 0 aliphatic heterocycles.